The highest BCUT2D eigenvalue weighted by molar-refractivity contribution is 5.97. The Hall–Kier alpha value is -3.23. The highest BCUT2D eigenvalue weighted by Gasteiger charge is 2.37. The maximum Gasteiger partial charge on any atom is 0.573 e. The summed E-state index contributed by atoms with van der Waals surface area (Å²) >= 11 is 0. The number of halogens is 3. The number of carbonyl (C=O) groups excluding carboxylic acids is 2. The zero-order chi connectivity index (χ0) is 27.8. The molecule has 6 nitrogen and oxygen atoms in total. The minimum absolute atomic E-state index is 0.0816. The molecule has 1 N–H and O–H groups in total. The van der Waals surface area contributed by atoms with Crippen LogP contribution in [0, 0.1) is 5.92 Å². The number of piperidine rings is 1. The van der Waals surface area contributed by atoms with Gasteiger partial charge in [-0.05, 0) is 92.3 Å². The van der Waals surface area contributed by atoms with Gasteiger partial charge in [-0.2, -0.15) is 0 Å². The molecule has 2 amide bonds. The molecule has 0 bridgehead atoms. The smallest absolute Gasteiger partial charge is 0.497 e. The first-order chi connectivity index (χ1) is 18.7. The number of amides is 2. The molecule has 0 aromatic heterocycles. The minimum Gasteiger partial charge on any atom is -0.497 e. The number of carbonyl (C=O) groups is 2. The quantitative estimate of drug-likeness (QED) is 0.310. The Balaban J connectivity index is 1.26. The average Bonchev–Trinajstić information content (AvgIpc) is 3.71. The van der Waals surface area contributed by atoms with Crippen LogP contribution in [0.15, 0.2) is 48.5 Å². The molecular weight excluding hydrogens is 509 g/mol. The summed E-state index contributed by atoms with van der Waals surface area (Å²) in [6, 6.07) is 12.4. The zero-order valence-electron chi connectivity index (χ0n) is 22.3. The number of nitrogens with one attached hydrogen (secondary N) is 1. The first kappa shape index (κ1) is 28.8. The van der Waals surface area contributed by atoms with E-state index in [-0.39, 0.29) is 11.5 Å². The summed E-state index contributed by atoms with van der Waals surface area (Å²) in [7, 11) is 1.67. The SMILES string of the molecule is COc1ccc([C@@H]2CC2CCCCC[C@H](NC(=O)c2ccc(OC(F)(F)F)cc2)C(=O)N2CCCCC2)cc1. The lowest BCUT2D eigenvalue weighted by molar-refractivity contribution is -0.274. The molecule has 2 aromatic rings. The van der Waals surface area contributed by atoms with Crippen molar-refractivity contribution in [3.05, 3.63) is 59.7 Å². The number of alkyl halides is 3. The molecule has 9 heteroatoms. The van der Waals surface area contributed by atoms with Crippen LogP contribution in [0.4, 0.5) is 13.2 Å². The summed E-state index contributed by atoms with van der Waals surface area (Å²) in [5.41, 5.74) is 1.54. The van der Waals surface area contributed by atoms with Crippen molar-refractivity contribution in [1.82, 2.24) is 10.2 Å². The van der Waals surface area contributed by atoms with E-state index in [1.807, 2.05) is 17.0 Å². The van der Waals surface area contributed by atoms with Gasteiger partial charge in [0.1, 0.15) is 17.5 Å². The molecule has 2 aliphatic rings. The predicted octanol–water partition coefficient (Wildman–Crippen LogP) is 6.46. The Bertz CT molecular complexity index is 1080. The third kappa shape index (κ3) is 8.63. The van der Waals surface area contributed by atoms with E-state index in [9.17, 15) is 22.8 Å². The Morgan fingerprint density at radius 1 is 0.949 bits per heavy atom. The Morgan fingerprint density at radius 3 is 2.26 bits per heavy atom. The van der Waals surface area contributed by atoms with E-state index in [0.717, 1.165) is 62.8 Å². The molecule has 39 heavy (non-hydrogen) atoms. The van der Waals surface area contributed by atoms with Crippen molar-refractivity contribution in [2.45, 2.75) is 76.1 Å². The number of unbranched alkanes of at least 4 members (excludes halogenated alkanes) is 2. The highest BCUT2D eigenvalue weighted by Crippen LogP contribution is 2.50. The number of hydrogen-bond donors (Lipinski definition) is 1. The van der Waals surface area contributed by atoms with E-state index < -0.39 is 24.1 Å². The van der Waals surface area contributed by atoms with E-state index in [1.54, 1.807) is 7.11 Å². The van der Waals surface area contributed by atoms with Crippen molar-refractivity contribution in [3.63, 3.8) is 0 Å². The van der Waals surface area contributed by atoms with Gasteiger partial charge < -0.3 is 19.7 Å². The van der Waals surface area contributed by atoms with Gasteiger partial charge in [-0.3, -0.25) is 9.59 Å². The van der Waals surface area contributed by atoms with Gasteiger partial charge in [0.2, 0.25) is 5.91 Å². The number of ether oxygens (including phenoxy) is 2. The van der Waals surface area contributed by atoms with Crippen LogP contribution in [-0.2, 0) is 4.79 Å². The number of methoxy groups -OCH3 is 1. The highest BCUT2D eigenvalue weighted by atomic mass is 19.4. The van der Waals surface area contributed by atoms with E-state index in [1.165, 1.54) is 24.1 Å². The van der Waals surface area contributed by atoms with Gasteiger partial charge in [0.15, 0.2) is 0 Å². The maximum absolute atomic E-state index is 13.3. The summed E-state index contributed by atoms with van der Waals surface area (Å²) in [6.45, 7) is 1.37. The van der Waals surface area contributed by atoms with Crippen molar-refractivity contribution in [1.29, 1.82) is 0 Å². The van der Waals surface area contributed by atoms with Gasteiger partial charge in [0.05, 0.1) is 7.11 Å². The lowest BCUT2D eigenvalue weighted by atomic mass is 10.0. The molecule has 3 atom stereocenters. The van der Waals surface area contributed by atoms with Crippen molar-refractivity contribution in [2.24, 2.45) is 5.92 Å². The maximum atomic E-state index is 13.3. The first-order valence-electron chi connectivity index (χ1n) is 13.8. The van der Waals surface area contributed by atoms with E-state index in [0.29, 0.717) is 31.3 Å². The second-order valence-corrected chi connectivity index (χ2v) is 10.5. The van der Waals surface area contributed by atoms with Crippen molar-refractivity contribution < 1.29 is 32.2 Å². The van der Waals surface area contributed by atoms with Crippen LogP contribution in [0.3, 0.4) is 0 Å². The summed E-state index contributed by atoms with van der Waals surface area (Å²) < 4.78 is 46.4. The summed E-state index contributed by atoms with van der Waals surface area (Å²) in [6.07, 6.45) is 3.90. The predicted molar refractivity (Wildman–Crippen MR) is 142 cm³/mol. The van der Waals surface area contributed by atoms with Crippen molar-refractivity contribution in [2.75, 3.05) is 20.2 Å². The van der Waals surface area contributed by atoms with E-state index >= 15 is 0 Å². The molecule has 1 unspecified atom stereocenters. The van der Waals surface area contributed by atoms with Gasteiger partial charge in [0.25, 0.3) is 5.91 Å². The summed E-state index contributed by atoms with van der Waals surface area (Å²) in [5, 5.41) is 2.84. The molecule has 2 aromatic carbocycles. The number of hydrogen-bond acceptors (Lipinski definition) is 4. The molecule has 2 fully saturated rings. The van der Waals surface area contributed by atoms with Gasteiger partial charge in [-0.15, -0.1) is 13.2 Å². The van der Waals surface area contributed by atoms with Crippen LogP contribution in [0.25, 0.3) is 0 Å². The van der Waals surface area contributed by atoms with E-state index in [4.69, 9.17) is 4.74 Å². The van der Waals surface area contributed by atoms with Crippen molar-refractivity contribution >= 4 is 11.8 Å². The molecule has 0 spiro atoms. The van der Waals surface area contributed by atoms with Gasteiger partial charge in [-0.1, -0.05) is 31.4 Å². The third-order valence-electron chi connectivity index (χ3n) is 7.66. The molecule has 0 radical (unpaired) electrons. The fraction of sp³-hybridized carbons (Fsp3) is 0.533. The molecule has 1 aliphatic heterocycles. The third-order valence-corrected chi connectivity index (χ3v) is 7.66. The van der Waals surface area contributed by atoms with Crippen LogP contribution in [-0.4, -0.2) is 49.3 Å². The molecule has 1 heterocycles. The molecule has 1 saturated heterocycles. The van der Waals surface area contributed by atoms with Crippen LogP contribution in [0.1, 0.15) is 79.6 Å². The number of benzene rings is 2. The molecule has 212 valence electrons. The normalized spacial score (nSPS) is 19.7. The number of rotatable bonds is 12. The second-order valence-electron chi connectivity index (χ2n) is 10.5. The minimum atomic E-state index is -4.80. The standard InChI is InChI=1S/C30H37F3N2O4/c1-38-24-14-10-21(11-15-24)26-20-23(26)8-4-2-5-9-27(29(37)35-18-6-3-7-19-35)34-28(36)22-12-16-25(17-13-22)39-30(31,32)33/h10-17,23,26-27H,2-9,18-20H2,1H3,(H,34,36)/t23?,26-,27-/m0/s1. The largest absolute Gasteiger partial charge is 0.573 e. The lowest BCUT2D eigenvalue weighted by Crippen LogP contribution is -2.50. The van der Waals surface area contributed by atoms with Crippen LogP contribution >= 0.6 is 0 Å². The average molecular weight is 547 g/mol. The fourth-order valence-electron chi connectivity index (χ4n) is 5.40. The topological polar surface area (TPSA) is 67.9 Å². The number of nitrogens with zero attached hydrogens (tertiary/aromatic N) is 1. The number of likely N-dealkylation sites (tertiary alicyclic amines) is 1. The summed E-state index contributed by atoms with van der Waals surface area (Å²) in [5.74, 6) is 1.20. The Morgan fingerprint density at radius 2 is 1.62 bits per heavy atom. The van der Waals surface area contributed by atoms with Gasteiger partial charge in [-0.25, -0.2) is 0 Å². The van der Waals surface area contributed by atoms with Crippen molar-refractivity contribution in [3.8, 4) is 11.5 Å². The van der Waals surface area contributed by atoms with E-state index in [2.05, 4.69) is 22.2 Å². The Kier molecular flexibility index (Phi) is 9.75. The molecule has 4 rings (SSSR count). The molecule has 1 saturated carbocycles. The summed E-state index contributed by atoms with van der Waals surface area (Å²) in [4.78, 5) is 28.0. The second kappa shape index (κ2) is 13.2. The van der Waals surface area contributed by atoms with Gasteiger partial charge in [0, 0.05) is 18.7 Å². The first-order valence-corrected chi connectivity index (χ1v) is 13.8. The zero-order valence-corrected chi connectivity index (χ0v) is 22.3. The monoisotopic (exact) mass is 546 g/mol. The molecule has 1 aliphatic carbocycles. The van der Waals surface area contributed by atoms with Gasteiger partial charge >= 0.3 is 6.36 Å². The van der Waals surface area contributed by atoms with Crippen LogP contribution in [0.2, 0.25) is 0 Å². The lowest BCUT2D eigenvalue weighted by Gasteiger charge is -2.31. The fourth-order valence-corrected chi connectivity index (χ4v) is 5.40. The van der Waals surface area contributed by atoms with Crippen LogP contribution in [0.5, 0.6) is 11.5 Å². The Labute approximate surface area is 227 Å². The van der Waals surface area contributed by atoms with Crippen LogP contribution < -0.4 is 14.8 Å². The molecular formula is C30H37F3N2O4.